The van der Waals surface area contributed by atoms with Gasteiger partial charge in [-0.1, -0.05) is 0 Å². The van der Waals surface area contributed by atoms with E-state index in [1.165, 1.54) is 6.92 Å². The Bertz CT molecular complexity index is 205. The van der Waals surface area contributed by atoms with Crippen molar-refractivity contribution < 1.29 is 19.4 Å². The van der Waals surface area contributed by atoms with Crippen LogP contribution in [0, 0.1) is 20.2 Å². The molecular weight excluding hydrogens is 211 g/mol. The fourth-order valence-electron chi connectivity index (χ4n) is 0.466. The van der Waals surface area contributed by atoms with Crippen molar-refractivity contribution in [3.05, 3.63) is 20.2 Å². The molecule has 0 amide bonds. The summed E-state index contributed by atoms with van der Waals surface area (Å²) in [5.41, 5.74) is 0. The van der Waals surface area contributed by atoms with Crippen LogP contribution in [-0.4, -0.2) is 80.0 Å². The van der Waals surface area contributed by atoms with E-state index in [1.54, 1.807) is 0 Å². The van der Waals surface area contributed by atoms with Crippen molar-refractivity contribution in [1.82, 2.24) is 0 Å². The molecule has 0 radical (unpaired) electrons. The van der Waals surface area contributed by atoms with Gasteiger partial charge in [-0.15, -0.1) is 0 Å². The van der Waals surface area contributed by atoms with Crippen LogP contribution in [0.25, 0.3) is 0 Å². The first-order valence-corrected chi connectivity index (χ1v) is 2.94. The summed E-state index contributed by atoms with van der Waals surface area (Å²) in [6.07, 6.45) is -2.51. The molecular formula is C4H7KN2O6. The van der Waals surface area contributed by atoms with E-state index in [9.17, 15) is 25.0 Å². The van der Waals surface area contributed by atoms with Crippen LogP contribution >= 0.6 is 0 Å². The summed E-state index contributed by atoms with van der Waals surface area (Å²) in [7, 11) is 0. The summed E-state index contributed by atoms with van der Waals surface area (Å²) in [6, 6.07) is 0. The van der Waals surface area contributed by atoms with E-state index in [4.69, 9.17) is 0 Å². The first kappa shape index (κ1) is 15.4. The molecule has 8 nitrogen and oxygen atoms in total. The van der Waals surface area contributed by atoms with Crippen LogP contribution in [0.3, 0.4) is 0 Å². The molecule has 0 N–H and O–H groups in total. The van der Waals surface area contributed by atoms with Crippen LogP contribution in [-0.2, 0) is 9.53 Å². The maximum atomic E-state index is 10.5. The third kappa shape index (κ3) is 5.26. The summed E-state index contributed by atoms with van der Waals surface area (Å²) in [5, 5.41) is 19.8. The molecule has 0 bridgehead atoms. The zero-order chi connectivity index (χ0) is 9.72. The fraction of sp³-hybridized carbons (Fsp3) is 0.750. The van der Waals surface area contributed by atoms with Gasteiger partial charge in [-0.25, -0.2) is 4.79 Å². The Morgan fingerprint density at radius 2 is 1.77 bits per heavy atom. The van der Waals surface area contributed by atoms with Crippen LogP contribution in [0.2, 0.25) is 0 Å². The third-order valence-electron chi connectivity index (χ3n) is 0.897. The summed E-state index contributed by atoms with van der Waals surface area (Å²) in [4.78, 5) is 27.7. The van der Waals surface area contributed by atoms with Gasteiger partial charge in [0.15, 0.2) is 0 Å². The monoisotopic (exact) mass is 218 g/mol. The first-order chi connectivity index (χ1) is 5.50. The molecule has 0 fully saturated rings. The van der Waals surface area contributed by atoms with E-state index in [1.807, 2.05) is 0 Å². The van der Waals surface area contributed by atoms with Crippen molar-refractivity contribution in [2.75, 3.05) is 6.61 Å². The van der Waals surface area contributed by atoms with Crippen LogP contribution < -0.4 is 0 Å². The molecule has 70 valence electrons. The summed E-state index contributed by atoms with van der Waals surface area (Å²) < 4.78 is 4.10. The second-order valence-corrected chi connectivity index (χ2v) is 1.70. The van der Waals surface area contributed by atoms with Gasteiger partial charge in [0.05, 0.1) is 6.61 Å². The fourth-order valence-corrected chi connectivity index (χ4v) is 0.466. The second kappa shape index (κ2) is 7.32. The van der Waals surface area contributed by atoms with Gasteiger partial charge < -0.3 is 4.74 Å². The van der Waals surface area contributed by atoms with Gasteiger partial charge >= 0.3 is 63.5 Å². The molecule has 0 aromatic heterocycles. The Hall–Kier alpha value is -0.0936. The molecule has 0 atom stereocenters. The zero-order valence-corrected chi connectivity index (χ0v) is 6.13. The topological polar surface area (TPSA) is 113 Å². The van der Waals surface area contributed by atoms with E-state index in [2.05, 4.69) is 4.74 Å². The van der Waals surface area contributed by atoms with Crippen LogP contribution in [0.15, 0.2) is 0 Å². The third-order valence-corrected chi connectivity index (χ3v) is 0.897. The van der Waals surface area contributed by atoms with Gasteiger partial charge in [-0.3, -0.25) is 20.2 Å². The van der Waals surface area contributed by atoms with Crippen molar-refractivity contribution >= 4 is 57.4 Å². The van der Waals surface area contributed by atoms with Crippen molar-refractivity contribution in [1.29, 1.82) is 0 Å². The normalized spacial score (nSPS) is 8.77. The molecule has 13 heavy (non-hydrogen) atoms. The molecule has 0 heterocycles. The van der Waals surface area contributed by atoms with Gasteiger partial charge in [0, 0.05) is 0 Å². The average Bonchev–Trinajstić information content (AvgIpc) is 1.85. The van der Waals surface area contributed by atoms with Crippen LogP contribution in [0.5, 0.6) is 0 Å². The number of nitro groups is 2. The molecule has 0 aliphatic carbocycles. The van der Waals surface area contributed by atoms with Crippen molar-refractivity contribution in [3.63, 3.8) is 0 Å². The minimum absolute atomic E-state index is 0. The Balaban J connectivity index is 0. The van der Waals surface area contributed by atoms with Gasteiger partial charge in [-0.05, 0) is 6.92 Å². The van der Waals surface area contributed by atoms with Crippen molar-refractivity contribution in [2.24, 2.45) is 0 Å². The molecule has 0 rings (SSSR count). The van der Waals surface area contributed by atoms with Gasteiger partial charge in [-0.2, -0.15) is 0 Å². The summed E-state index contributed by atoms with van der Waals surface area (Å²) in [5.74, 6) is -1.45. The van der Waals surface area contributed by atoms with Crippen molar-refractivity contribution in [2.45, 2.75) is 13.1 Å². The maximum absolute atomic E-state index is 10.5. The first-order valence-electron chi connectivity index (χ1n) is 2.94. The molecule has 0 aromatic carbocycles. The Labute approximate surface area is 115 Å². The molecule has 0 unspecified atom stereocenters. The Kier molecular flexibility index (Phi) is 8.67. The summed E-state index contributed by atoms with van der Waals surface area (Å²) in [6.45, 7) is 1.27. The van der Waals surface area contributed by atoms with E-state index in [0.717, 1.165) is 0 Å². The quantitative estimate of drug-likeness (QED) is 0.192. The standard InChI is InChI=1S/C4H6N2O6.K.H/c1-2-12-4(7)3(5(8)9)6(10)11;;/h3H,2H2,1H3;;. The van der Waals surface area contributed by atoms with Gasteiger partial charge in [0.25, 0.3) is 0 Å². The molecule has 0 saturated carbocycles. The number of ether oxygens (including phenoxy) is 1. The van der Waals surface area contributed by atoms with E-state index >= 15 is 0 Å². The molecule has 9 heteroatoms. The predicted molar refractivity (Wildman–Crippen MR) is 41.6 cm³/mol. The molecule has 0 saturated heterocycles. The second-order valence-electron chi connectivity index (χ2n) is 1.70. The zero-order valence-electron chi connectivity index (χ0n) is 6.13. The minimum atomic E-state index is -2.51. The van der Waals surface area contributed by atoms with E-state index < -0.39 is 22.0 Å². The van der Waals surface area contributed by atoms with E-state index in [0.29, 0.717) is 0 Å². The molecule has 0 aromatic rings. The number of rotatable bonds is 4. The Morgan fingerprint density at radius 1 is 1.38 bits per heavy atom. The number of carbonyl (C=O) groups excluding carboxylic acids is 1. The number of esters is 1. The number of carbonyl (C=O) groups is 1. The summed E-state index contributed by atoms with van der Waals surface area (Å²) >= 11 is 0. The van der Waals surface area contributed by atoms with Crippen molar-refractivity contribution in [3.8, 4) is 0 Å². The Morgan fingerprint density at radius 3 is 2.00 bits per heavy atom. The van der Waals surface area contributed by atoms with Crippen LogP contribution in [0.1, 0.15) is 6.92 Å². The number of nitrogens with zero attached hydrogens (tertiary/aromatic N) is 2. The molecule has 0 aliphatic rings. The van der Waals surface area contributed by atoms with Gasteiger partial charge in [0.2, 0.25) is 0 Å². The molecule has 0 spiro atoms. The number of hydrogen-bond acceptors (Lipinski definition) is 6. The number of hydrogen-bond donors (Lipinski definition) is 0. The SMILES string of the molecule is CCOC(=O)C([N+](=O)[O-])[N+](=O)[O-].[KH]. The van der Waals surface area contributed by atoms with Gasteiger partial charge in [0.1, 0.15) is 9.85 Å². The predicted octanol–water partition coefficient (Wildman–Crippen LogP) is -1.22. The molecule has 0 aliphatic heterocycles. The van der Waals surface area contributed by atoms with E-state index in [-0.39, 0.29) is 58.0 Å². The average molecular weight is 218 g/mol. The van der Waals surface area contributed by atoms with Crippen LogP contribution in [0.4, 0.5) is 0 Å².